The van der Waals surface area contributed by atoms with Crippen LogP contribution in [0.15, 0.2) is 0 Å². The van der Waals surface area contributed by atoms with E-state index in [1.54, 1.807) is 27.7 Å². The van der Waals surface area contributed by atoms with Gasteiger partial charge in [-0.3, -0.25) is 4.79 Å². The second-order valence-electron chi connectivity index (χ2n) is 7.95. The first-order valence-corrected chi connectivity index (χ1v) is 10.2. The lowest BCUT2D eigenvalue weighted by Gasteiger charge is -2.21. The third-order valence-electron chi connectivity index (χ3n) is 4.05. The second kappa shape index (κ2) is 15.0. The standard InChI is InChI=1S/C20H41N3O3/c1-17(23-19(25)26-20(2,3)4)18(24)13-10-8-6-5-7-9-11-15-22-16-12-14-21/h17,22H,5-16,21H2,1-4H3,(H,23,25)/t17-/m1/s1. The molecule has 4 N–H and O–H groups in total. The lowest BCUT2D eigenvalue weighted by molar-refractivity contribution is -0.120. The fraction of sp³-hybridized carbons (Fsp3) is 0.900. The van der Waals surface area contributed by atoms with Crippen LogP contribution < -0.4 is 16.4 Å². The van der Waals surface area contributed by atoms with Crippen LogP contribution in [0.3, 0.4) is 0 Å². The van der Waals surface area contributed by atoms with Crippen LogP contribution in [0.5, 0.6) is 0 Å². The molecule has 1 amide bonds. The first kappa shape index (κ1) is 24.9. The molecule has 0 saturated carbocycles. The van der Waals surface area contributed by atoms with Gasteiger partial charge in [0, 0.05) is 6.42 Å². The molecule has 154 valence electrons. The van der Waals surface area contributed by atoms with Crippen molar-refractivity contribution in [1.29, 1.82) is 0 Å². The number of amides is 1. The first-order valence-electron chi connectivity index (χ1n) is 10.2. The zero-order valence-corrected chi connectivity index (χ0v) is 17.4. The largest absolute Gasteiger partial charge is 0.444 e. The van der Waals surface area contributed by atoms with Crippen LogP contribution in [0.1, 0.15) is 85.5 Å². The summed E-state index contributed by atoms with van der Waals surface area (Å²) in [6.45, 7) is 9.98. The number of ether oxygens (including phenoxy) is 1. The van der Waals surface area contributed by atoms with E-state index < -0.39 is 17.7 Å². The van der Waals surface area contributed by atoms with E-state index in [1.165, 1.54) is 32.1 Å². The molecular formula is C20H41N3O3. The average molecular weight is 372 g/mol. The molecule has 0 radical (unpaired) electrons. The van der Waals surface area contributed by atoms with Gasteiger partial charge in [-0.1, -0.05) is 32.1 Å². The van der Waals surface area contributed by atoms with Crippen LogP contribution >= 0.6 is 0 Å². The zero-order valence-electron chi connectivity index (χ0n) is 17.4. The van der Waals surface area contributed by atoms with Gasteiger partial charge in [-0.15, -0.1) is 0 Å². The molecule has 0 aromatic carbocycles. The van der Waals surface area contributed by atoms with Gasteiger partial charge < -0.3 is 21.1 Å². The summed E-state index contributed by atoms with van der Waals surface area (Å²) >= 11 is 0. The average Bonchev–Trinajstić information content (AvgIpc) is 2.53. The van der Waals surface area contributed by atoms with Crippen molar-refractivity contribution in [3.8, 4) is 0 Å². The van der Waals surface area contributed by atoms with Crippen molar-refractivity contribution in [3.05, 3.63) is 0 Å². The van der Waals surface area contributed by atoms with Crippen LogP contribution in [-0.2, 0) is 9.53 Å². The Morgan fingerprint density at radius 2 is 1.46 bits per heavy atom. The number of carbonyl (C=O) groups excluding carboxylic acids is 2. The number of hydrogen-bond donors (Lipinski definition) is 3. The van der Waals surface area contributed by atoms with E-state index in [0.717, 1.165) is 38.9 Å². The van der Waals surface area contributed by atoms with E-state index in [-0.39, 0.29) is 5.78 Å². The Balaban J connectivity index is 3.52. The predicted octanol–water partition coefficient (Wildman–Crippen LogP) is 3.53. The van der Waals surface area contributed by atoms with Gasteiger partial charge in [0.25, 0.3) is 0 Å². The van der Waals surface area contributed by atoms with Crippen LogP contribution in [0.4, 0.5) is 4.79 Å². The quantitative estimate of drug-likeness (QED) is 0.383. The Labute approximate surface area is 160 Å². The molecule has 0 aliphatic rings. The highest BCUT2D eigenvalue weighted by molar-refractivity contribution is 5.86. The Kier molecular flexibility index (Phi) is 14.3. The monoisotopic (exact) mass is 371 g/mol. The van der Waals surface area contributed by atoms with Gasteiger partial charge in [0.1, 0.15) is 5.60 Å². The summed E-state index contributed by atoms with van der Waals surface area (Å²) in [6, 6.07) is -0.489. The third kappa shape index (κ3) is 16.3. The number of ketones is 1. The molecule has 0 unspecified atom stereocenters. The molecule has 6 heteroatoms. The summed E-state index contributed by atoms with van der Waals surface area (Å²) in [5, 5.41) is 6.00. The molecule has 0 rings (SSSR count). The number of carbonyl (C=O) groups is 2. The van der Waals surface area contributed by atoms with Crippen molar-refractivity contribution in [3.63, 3.8) is 0 Å². The summed E-state index contributed by atoms with van der Waals surface area (Å²) in [6.07, 6.45) is 9.11. The van der Waals surface area contributed by atoms with E-state index in [1.807, 2.05) is 0 Å². The van der Waals surface area contributed by atoms with E-state index in [9.17, 15) is 9.59 Å². The van der Waals surface area contributed by atoms with E-state index >= 15 is 0 Å². The highest BCUT2D eigenvalue weighted by Crippen LogP contribution is 2.10. The van der Waals surface area contributed by atoms with Gasteiger partial charge in [0.05, 0.1) is 6.04 Å². The van der Waals surface area contributed by atoms with Crippen molar-refractivity contribution in [2.24, 2.45) is 5.73 Å². The molecule has 0 aliphatic heterocycles. The Morgan fingerprint density at radius 3 is 2.04 bits per heavy atom. The highest BCUT2D eigenvalue weighted by atomic mass is 16.6. The van der Waals surface area contributed by atoms with Gasteiger partial charge in [-0.25, -0.2) is 4.79 Å². The van der Waals surface area contributed by atoms with Crippen LogP contribution in [0, 0.1) is 0 Å². The SMILES string of the molecule is C[C@@H](NC(=O)OC(C)(C)C)C(=O)CCCCCCCCCNCCCN. The Hall–Kier alpha value is -1.14. The van der Waals surface area contributed by atoms with Gasteiger partial charge in [0.2, 0.25) is 0 Å². The van der Waals surface area contributed by atoms with Crippen molar-refractivity contribution in [2.45, 2.75) is 97.1 Å². The molecule has 26 heavy (non-hydrogen) atoms. The topological polar surface area (TPSA) is 93.4 Å². The zero-order chi connectivity index (χ0) is 19.8. The Morgan fingerprint density at radius 1 is 0.923 bits per heavy atom. The number of nitrogens with two attached hydrogens (primary N) is 1. The van der Waals surface area contributed by atoms with Crippen molar-refractivity contribution < 1.29 is 14.3 Å². The summed E-state index contributed by atoms with van der Waals surface area (Å²) in [7, 11) is 0. The molecular weight excluding hydrogens is 330 g/mol. The van der Waals surface area contributed by atoms with Crippen molar-refractivity contribution in [1.82, 2.24) is 10.6 Å². The number of alkyl carbamates (subject to hydrolysis) is 1. The van der Waals surface area contributed by atoms with E-state index in [0.29, 0.717) is 6.42 Å². The summed E-state index contributed by atoms with van der Waals surface area (Å²) in [4.78, 5) is 23.7. The number of unbranched alkanes of at least 4 members (excludes halogenated alkanes) is 6. The maximum absolute atomic E-state index is 12.0. The van der Waals surface area contributed by atoms with E-state index in [4.69, 9.17) is 10.5 Å². The molecule has 0 aromatic heterocycles. The highest BCUT2D eigenvalue weighted by Gasteiger charge is 2.20. The molecule has 1 atom stereocenters. The molecule has 0 saturated heterocycles. The van der Waals surface area contributed by atoms with Gasteiger partial charge in [0.15, 0.2) is 5.78 Å². The van der Waals surface area contributed by atoms with Crippen LogP contribution in [0.2, 0.25) is 0 Å². The van der Waals surface area contributed by atoms with Crippen molar-refractivity contribution in [2.75, 3.05) is 19.6 Å². The van der Waals surface area contributed by atoms with Crippen LogP contribution in [-0.4, -0.2) is 43.2 Å². The van der Waals surface area contributed by atoms with Gasteiger partial charge in [-0.2, -0.15) is 0 Å². The van der Waals surface area contributed by atoms with Crippen LogP contribution in [0.25, 0.3) is 0 Å². The molecule has 6 nitrogen and oxygen atoms in total. The first-order chi connectivity index (χ1) is 12.3. The van der Waals surface area contributed by atoms with Gasteiger partial charge >= 0.3 is 6.09 Å². The second-order valence-corrected chi connectivity index (χ2v) is 7.95. The number of rotatable bonds is 15. The fourth-order valence-corrected chi connectivity index (χ4v) is 2.57. The van der Waals surface area contributed by atoms with Gasteiger partial charge in [-0.05, 0) is 66.6 Å². The minimum Gasteiger partial charge on any atom is -0.444 e. The molecule has 0 aromatic rings. The maximum atomic E-state index is 12.0. The molecule has 0 aliphatic carbocycles. The summed E-state index contributed by atoms with van der Waals surface area (Å²) in [5.41, 5.74) is 4.89. The molecule has 0 heterocycles. The smallest absolute Gasteiger partial charge is 0.408 e. The lowest BCUT2D eigenvalue weighted by atomic mass is 10.0. The molecule has 0 spiro atoms. The minimum atomic E-state index is -0.548. The van der Waals surface area contributed by atoms with Crippen molar-refractivity contribution >= 4 is 11.9 Å². The summed E-state index contributed by atoms with van der Waals surface area (Å²) in [5.74, 6) is 0.0689. The lowest BCUT2D eigenvalue weighted by Crippen LogP contribution is -2.41. The Bertz CT molecular complexity index is 381. The molecule has 0 bridgehead atoms. The van der Waals surface area contributed by atoms with E-state index in [2.05, 4.69) is 10.6 Å². The minimum absolute atomic E-state index is 0.0689. The molecule has 0 fully saturated rings. The normalized spacial score (nSPS) is 12.7. The maximum Gasteiger partial charge on any atom is 0.408 e. The number of Topliss-reactive ketones (excluding diaryl/α,β-unsaturated/α-hetero) is 1. The fourth-order valence-electron chi connectivity index (χ4n) is 2.57. The number of hydrogen-bond acceptors (Lipinski definition) is 5. The summed E-state index contributed by atoms with van der Waals surface area (Å²) < 4.78 is 5.16. The predicted molar refractivity (Wildman–Crippen MR) is 107 cm³/mol. The third-order valence-corrected chi connectivity index (χ3v) is 4.05. The number of nitrogens with one attached hydrogen (secondary N) is 2.